The summed E-state index contributed by atoms with van der Waals surface area (Å²) in [7, 11) is 5.37. The Morgan fingerprint density at radius 2 is 1.72 bits per heavy atom. The summed E-state index contributed by atoms with van der Waals surface area (Å²) in [5, 5.41) is 12.9. The van der Waals surface area contributed by atoms with Gasteiger partial charge in [0.25, 0.3) is 0 Å². The molecule has 0 aliphatic carbocycles. The van der Waals surface area contributed by atoms with Crippen molar-refractivity contribution in [3.05, 3.63) is 35.7 Å². The quantitative estimate of drug-likeness (QED) is 0.759. The van der Waals surface area contributed by atoms with E-state index in [1.54, 1.807) is 14.2 Å². The van der Waals surface area contributed by atoms with Crippen LogP contribution in [0.1, 0.15) is 64.0 Å². The van der Waals surface area contributed by atoms with Gasteiger partial charge in [0.2, 0.25) is 0 Å². The monoisotopic (exact) mass is 399 g/mol. The van der Waals surface area contributed by atoms with E-state index >= 15 is 0 Å². The molecule has 0 radical (unpaired) electrons. The zero-order valence-electron chi connectivity index (χ0n) is 18.9. The first-order valence-corrected chi connectivity index (χ1v) is 9.91. The summed E-state index contributed by atoms with van der Waals surface area (Å²) >= 11 is 0. The molecule has 0 saturated carbocycles. The average molecular weight is 400 g/mol. The Morgan fingerprint density at radius 3 is 2.31 bits per heavy atom. The molecule has 0 fully saturated rings. The lowest BCUT2D eigenvalue weighted by molar-refractivity contribution is 0.178. The van der Waals surface area contributed by atoms with Crippen molar-refractivity contribution in [3.63, 3.8) is 0 Å². The minimum atomic E-state index is -0.233. The van der Waals surface area contributed by atoms with E-state index in [9.17, 15) is 0 Å². The minimum Gasteiger partial charge on any atom is -0.493 e. The highest BCUT2D eigenvalue weighted by molar-refractivity contribution is 5.73. The maximum Gasteiger partial charge on any atom is 0.173 e. The van der Waals surface area contributed by atoms with Crippen LogP contribution in [0, 0.1) is 5.41 Å². The van der Waals surface area contributed by atoms with Crippen molar-refractivity contribution in [3.8, 4) is 11.5 Å². The Kier molecular flexibility index (Phi) is 5.47. The molecule has 1 aromatic carbocycles. The summed E-state index contributed by atoms with van der Waals surface area (Å²) in [5.41, 5.74) is 3.09. The molecule has 29 heavy (non-hydrogen) atoms. The second kappa shape index (κ2) is 7.44. The number of hydrogen-bond acceptors (Lipinski definition) is 6. The van der Waals surface area contributed by atoms with Gasteiger partial charge in [0.1, 0.15) is 0 Å². The van der Waals surface area contributed by atoms with Crippen LogP contribution in [0.4, 0.5) is 0 Å². The van der Waals surface area contributed by atoms with Crippen LogP contribution >= 0.6 is 0 Å². The Morgan fingerprint density at radius 1 is 1.10 bits per heavy atom. The van der Waals surface area contributed by atoms with E-state index in [-0.39, 0.29) is 17.0 Å². The van der Waals surface area contributed by atoms with E-state index in [1.807, 2.05) is 16.8 Å². The van der Waals surface area contributed by atoms with Crippen molar-refractivity contribution in [1.29, 1.82) is 0 Å². The third-order valence-corrected chi connectivity index (χ3v) is 5.39. The van der Waals surface area contributed by atoms with Crippen LogP contribution in [0.15, 0.2) is 18.7 Å². The zero-order valence-corrected chi connectivity index (χ0v) is 18.9. The number of tetrazole rings is 1. The molecule has 1 unspecified atom stereocenters. The molecule has 3 rings (SSSR count). The van der Waals surface area contributed by atoms with E-state index in [1.165, 1.54) is 0 Å². The number of methoxy groups -OCH3 is 2. The van der Waals surface area contributed by atoms with Crippen molar-refractivity contribution in [2.75, 3.05) is 27.8 Å². The van der Waals surface area contributed by atoms with Crippen LogP contribution in [0.25, 0.3) is 5.57 Å². The maximum absolute atomic E-state index is 5.57. The van der Waals surface area contributed by atoms with E-state index in [0.29, 0.717) is 11.5 Å². The van der Waals surface area contributed by atoms with Gasteiger partial charge in [0.15, 0.2) is 17.3 Å². The SMILES string of the molecule is C=C1CN(C)C(c2nnnn2C(C)(C)CC(C)(C)C)c2cc(OC)c(OC)cc21. The van der Waals surface area contributed by atoms with Gasteiger partial charge in [-0.1, -0.05) is 27.4 Å². The van der Waals surface area contributed by atoms with Gasteiger partial charge in [-0.05, 0) is 72.0 Å². The molecule has 0 bridgehead atoms. The smallest absolute Gasteiger partial charge is 0.173 e. The van der Waals surface area contributed by atoms with Gasteiger partial charge in [-0.25, -0.2) is 4.68 Å². The molecule has 0 N–H and O–H groups in total. The Balaban J connectivity index is 2.16. The van der Waals surface area contributed by atoms with Crippen LogP contribution in [0.3, 0.4) is 0 Å². The summed E-state index contributed by atoms with van der Waals surface area (Å²) in [6.07, 6.45) is 0.944. The highest BCUT2D eigenvalue weighted by Crippen LogP contribution is 2.44. The molecular weight excluding hydrogens is 366 g/mol. The van der Waals surface area contributed by atoms with E-state index in [2.05, 4.69) is 68.7 Å². The summed E-state index contributed by atoms with van der Waals surface area (Å²) in [6, 6.07) is 3.92. The highest BCUT2D eigenvalue weighted by Gasteiger charge is 2.38. The van der Waals surface area contributed by atoms with E-state index < -0.39 is 0 Å². The summed E-state index contributed by atoms with van der Waals surface area (Å²) < 4.78 is 13.1. The number of ether oxygens (including phenoxy) is 2. The molecule has 158 valence electrons. The van der Waals surface area contributed by atoms with Crippen LogP contribution in [-0.2, 0) is 5.54 Å². The molecule has 7 heteroatoms. The molecule has 7 nitrogen and oxygen atoms in total. The number of rotatable bonds is 5. The molecule has 1 atom stereocenters. The van der Waals surface area contributed by atoms with Gasteiger partial charge in [0, 0.05) is 6.54 Å². The van der Waals surface area contributed by atoms with E-state index in [0.717, 1.165) is 35.5 Å². The first-order chi connectivity index (χ1) is 13.5. The predicted octanol–water partition coefficient (Wildman–Crippen LogP) is 3.91. The van der Waals surface area contributed by atoms with Gasteiger partial charge in [-0.15, -0.1) is 5.10 Å². The van der Waals surface area contributed by atoms with Crippen molar-refractivity contribution in [2.45, 2.75) is 52.6 Å². The normalized spacial score (nSPS) is 17.9. The van der Waals surface area contributed by atoms with Crippen LogP contribution in [0.5, 0.6) is 11.5 Å². The fourth-order valence-corrected chi connectivity index (χ4v) is 4.65. The van der Waals surface area contributed by atoms with Crippen LogP contribution < -0.4 is 9.47 Å². The standard InChI is InChI=1S/C22H33N5O2/c1-14-12-26(7)19(16-11-18(29-9)17(28-8)10-15(14)16)20-23-24-25-27(20)22(5,6)13-21(2,3)4/h10-11,19H,1,12-13H2,2-9H3. The van der Waals surface area contributed by atoms with Crippen molar-refractivity contribution in [1.82, 2.24) is 25.1 Å². The van der Waals surface area contributed by atoms with Gasteiger partial charge in [-0.3, -0.25) is 4.90 Å². The second-order valence-corrected chi connectivity index (χ2v) is 9.71. The number of aromatic nitrogens is 4. The predicted molar refractivity (Wildman–Crippen MR) is 114 cm³/mol. The van der Waals surface area contributed by atoms with Crippen molar-refractivity contribution in [2.24, 2.45) is 5.41 Å². The average Bonchev–Trinajstić information content (AvgIpc) is 3.09. The molecule has 0 saturated heterocycles. The third kappa shape index (κ3) is 4.01. The first kappa shape index (κ1) is 21.3. The topological polar surface area (TPSA) is 65.3 Å². The van der Waals surface area contributed by atoms with Crippen molar-refractivity contribution >= 4 is 5.57 Å². The summed E-state index contributed by atoms with van der Waals surface area (Å²) in [6.45, 7) is 16.1. The van der Waals surface area contributed by atoms with Gasteiger partial charge >= 0.3 is 0 Å². The van der Waals surface area contributed by atoms with Gasteiger partial charge in [0.05, 0.1) is 25.8 Å². The lowest BCUT2D eigenvalue weighted by atomic mass is 9.81. The fourth-order valence-electron chi connectivity index (χ4n) is 4.65. The largest absolute Gasteiger partial charge is 0.493 e. The third-order valence-electron chi connectivity index (χ3n) is 5.39. The summed E-state index contributed by atoms with van der Waals surface area (Å²) in [4.78, 5) is 2.23. The first-order valence-electron chi connectivity index (χ1n) is 9.91. The molecule has 2 heterocycles. The minimum absolute atomic E-state index is 0.107. The number of likely N-dealkylation sites (N-methyl/N-ethyl adjacent to an activating group) is 1. The Hall–Kier alpha value is -2.41. The van der Waals surface area contributed by atoms with Crippen LogP contribution in [-0.4, -0.2) is 52.9 Å². The van der Waals surface area contributed by atoms with Gasteiger partial charge < -0.3 is 9.47 Å². The second-order valence-electron chi connectivity index (χ2n) is 9.71. The summed E-state index contributed by atoms with van der Waals surface area (Å²) in [5.74, 6) is 2.21. The zero-order chi connectivity index (χ0) is 21.6. The van der Waals surface area contributed by atoms with E-state index in [4.69, 9.17) is 9.47 Å². The lowest BCUT2D eigenvalue weighted by Crippen LogP contribution is -2.39. The molecule has 2 aromatic rings. The van der Waals surface area contributed by atoms with Crippen molar-refractivity contribution < 1.29 is 9.47 Å². The Bertz CT molecular complexity index is 910. The van der Waals surface area contributed by atoms with Gasteiger partial charge in [-0.2, -0.15) is 0 Å². The Labute approximate surface area is 173 Å². The number of benzene rings is 1. The number of nitrogens with zero attached hydrogens (tertiary/aromatic N) is 5. The highest BCUT2D eigenvalue weighted by atomic mass is 16.5. The lowest BCUT2D eigenvalue weighted by Gasteiger charge is -2.38. The fraction of sp³-hybridized carbons (Fsp3) is 0.591. The molecular formula is C22H33N5O2. The molecule has 0 spiro atoms. The number of fused-ring (bicyclic) bond motifs is 1. The maximum atomic E-state index is 5.57. The molecule has 1 aromatic heterocycles. The number of hydrogen-bond donors (Lipinski definition) is 0. The molecule has 1 aliphatic heterocycles. The van der Waals surface area contributed by atoms with Crippen LogP contribution in [0.2, 0.25) is 0 Å². The molecule has 0 amide bonds. The molecule has 1 aliphatic rings.